The van der Waals surface area contributed by atoms with Crippen LogP contribution in [0, 0.1) is 5.82 Å². The number of carbonyl (C=O) groups is 2. The molecule has 0 aliphatic rings. The van der Waals surface area contributed by atoms with Gasteiger partial charge in [0.1, 0.15) is 11.4 Å². The van der Waals surface area contributed by atoms with Gasteiger partial charge < -0.3 is 15.6 Å². The third kappa shape index (κ3) is 3.12. The average molecular weight is 339 g/mol. The zero-order valence-corrected chi connectivity index (χ0v) is 13.2. The number of carbonyl (C=O) groups excluding carboxylic acids is 2. The lowest BCUT2D eigenvalue weighted by molar-refractivity contribution is 0.0998. The first kappa shape index (κ1) is 16.4. The molecule has 0 unspecified atom stereocenters. The summed E-state index contributed by atoms with van der Waals surface area (Å²) in [5, 5.41) is 2.70. The van der Waals surface area contributed by atoms with Crippen molar-refractivity contribution < 1.29 is 14.0 Å². The lowest BCUT2D eigenvalue weighted by Gasteiger charge is -2.10. The Bertz CT molecular complexity index is 1060. The number of rotatable bonds is 3. The number of hydrogen-bond donors (Lipinski definition) is 2. The molecule has 6 nitrogen and oxygen atoms in total. The van der Waals surface area contributed by atoms with E-state index in [9.17, 15) is 18.8 Å². The number of amides is 2. The molecule has 0 fully saturated rings. The maximum Gasteiger partial charge on any atom is 0.261 e. The van der Waals surface area contributed by atoms with Crippen molar-refractivity contribution in [3.8, 4) is 0 Å². The van der Waals surface area contributed by atoms with E-state index in [2.05, 4.69) is 5.32 Å². The third-order valence-electron chi connectivity index (χ3n) is 3.82. The highest BCUT2D eigenvalue weighted by Crippen LogP contribution is 2.14. The molecule has 1 aromatic heterocycles. The van der Waals surface area contributed by atoms with Crippen LogP contribution >= 0.6 is 0 Å². The van der Waals surface area contributed by atoms with Crippen molar-refractivity contribution >= 4 is 28.4 Å². The summed E-state index contributed by atoms with van der Waals surface area (Å²) < 4.78 is 15.0. The second-order valence-corrected chi connectivity index (χ2v) is 5.54. The maximum atomic E-state index is 13.4. The van der Waals surface area contributed by atoms with Crippen LogP contribution in [0.2, 0.25) is 0 Å². The molecule has 0 aliphatic carbocycles. The molecule has 0 bridgehead atoms. The molecule has 1 heterocycles. The van der Waals surface area contributed by atoms with E-state index in [4.69, 9.17) is 5.73 Å². The highest BCUT2D eigenvalue weighted by molar-refractivity contribution is 6.06. The molecule has 3 N–H and O–H groups in total. The van der Waals surface area contributed by atoms with Gasteiger partial charge in [-0.3, -0.25) is 14.4 Å². The molecule has 2 amide bonds. The largest absolute Gasteiger partial charge is 0.366 e. The molecule has 7 heteroatoms. The second-order valence-electron chi connectivity index (χ2n) is 5.54. The van der Waals surface area contributed by atoms with Gasteiger partial charge in [-0.25, -0.2) is 4.39 Å². The lowest BCUT2D eigenvalue weighted by Crippen LogP contribution is -2.23. The number of nitrogens with one attached hydrogen (secondary N) is 1. The van der Waals surface area contributed by atoms with Crippen molar-refractivity contribution in [2.24, 2.45) is 12.8 Å². The van der Waals surface area contributed by atoms with E-state index >= 15 is 0 Å². The number of nitrogens with zero attached hydrogens (tertiary/aromatic N) is 1. The molecular formula is C18H14FN3O3. The summed E-state index contributed by atoms with van der Waals surface area (Å²) in [5.41, 5.74) is 5.71. The van der Waals surface area contributed by atoms with Gasteiger partial charge in [-0.2, -0.15) is 0 Å². The zero-order chi connectivity index (χ0) is 18.1. The van der Waals surface area contributed by atoms with Crippen molar-refractivity contribution in [3.05, 3.63) is 75.8 Å². The van der Waals surface area contributed by atoms with Crippen LogP contribution in [0.4, 0.5) is 10.1 Å². The molecule has 0 spiro atoms. The summed E-state index contributed by atoms with van der Waals surface area (Å²) in [6.45, 7) is 0. The maximum absolute atomic E-state index is 13.4. The van der Waals surface area contributed by atoms with Crippen LogP contribution in [-0.2, 0) is 7.05 Å². The van der Waals surface area contributed by atoms with E-state index < -0.39 is 23.1 Å². The van der Waals surface area contributed by atoms with Gasteiger partial charge >= 0.3 is 0 Å². The molecule has 0 aliphatic heterocycles. The molecule has 25 heavy (non-hydrogen) atoms. The summed E-state index contributed by atoms with van der Waals surface area (Å²) in [6, 6.07) is 9.78. The molecule has 126 valence electrons. The van der Waals surface area contributed by atoms with Crippen molar-refractivity contribution in [2.45, 2.75) is 0 Å². The minimum atomic E-state index is -0.626. The molecule has 0 atom stereocenters. The van der Waals surface area contributed by atoms with E-state index in [1.807, 2.05) is 0 Å². The number of anilines is 1. The summed E-state index contributed by atoms with van der Waals surface area (Å²) in [6.07, 6.45) is 1.40. The average Bonchev–Trinajstić information content (AvgIpc) is 2.58. The van der Waals surface area contributed by atoms with Crippen LogP contribution in [0.15, 0.2) is 53.5 Å². The first-order valence-corrected chi connectivity index (χ1v) is 7.37. The third-order valence-corrected chi connectivity index (χ3v) is 3.82. The molecule has 2 aromatic carbocycles. The van der Waals surface area contributed by atoms with Crippen LogP contribution < -0.4 is 16.5 Å². The zero-order valence-electron chi connectivity index (χ0n) is 13.2. The van der Waals surface area contributed by atoms with Gasteiger partial charge in [-0.05, 0) is 42.5 Å². The standard InChI is InChI=1S/C18H14FN3O3/c1-22-9-14(16(23)13-8-11(19)4-7-15(13)22)18(25)21-12-5-2-10(3-6-12)17(20)24/h2-9H,1H3,(H2,20,24)(H,21,25). The quantitative estimate of drug-likeness (QED) is 0.764. The van der Waals surface area contributed by atoms with Gasteiger partial charge in [0, 0.05) is 29.9 Å². The number of fused-ring (bicyclic) bond motifs is 1. The van der Waals surface area contributed by atoms with Crippen molar-refractivity contribution in [1.82, 2.24) is 4.57 Å². The fourth-order valence-corrected chi connectivity index (χ4v) is 2.54. The van der Waals surface area contributed by atoms with Gasteiger partial charge in [-0.1, -0.05) is 0 Å². The molecule has 3 aromatic rings. The monoisotopic (exact) mass is 339 g/mol. The Hall–Kier alpha value is -3.48. The minimum absolute atomic E-state index is 0.112. The van der Waals surface area contributed by atoms with Crippen LogP contribution in [-0.4, -0.2) is 16.4 Å². The van der Waals surface area contributed by atoms with Gasteiger partial charge in [-0.15, -0.1) is 0 Å². The first-order chi connectivity index (χ1) is 11.9. The van der Waals surface area contributed by atoms with Gasteiger partial charge in [0.15, 0.2) is 0 Å². The van der Waals surface area contributed by atoms with E-state index in [-0.39, 0.29) is 10.9 Å². The van der Waals surface area contributed by atoms with E-state index in [0.29, 0.717) is 16.8 Å². The number of nitrogens with two attached hydrogens (primary N) is 1. The van der Waals surface area contributed by atoms with E-state index in [0.717, 1.165) is 6.07 Å². The predicted octanol–water partition coefficient (Wildman–Crippen LogP) is 2.03. The number of halogens is 1. The predicted molar refractivity (Wildman–Crippen MR) is 92.1 cm³/mol. The lowest BCUT2D eigenvalue weighted by atomic mass is 10.1. The summed E-state index contributed by atoms with van der Waals surface area (Å²) >= 11 is 0. The molecular weight excluding hydrogens is 325 g/mol. The Morgan fingerprint density at radius 2 is 1.80 bits per heavy atom. The van der Waals surface area contributed by atoms with Gasteiger partial charge in [0.2, 0.25) is 11.3 Å². The number of aromatic nitrogens is 1. The van der Waals surface area contributed by atoms with Crippen LogP contribution in [0.5, 0.6) is 0 Å². The SMILES string of the molecule is Cn1cc(C(=O)Nc2ccc(C(N)=O)cc2)c(=O)c2cc(F)ccc21. The van der Waals surface area contributed by atoms with E-state index in [1.165, 1.54) is 42.6 Å². The Labute approximate surface area is 141 Å². The van der Waals surface area contributed by atoms with Crippen LogP contribution in [0.3, 0.4) is 0 Å². The van der Waals surface area contributed by atoms with Crippen LogP contribution in [0.1, 0.15) is 20.7 Å². The Morgan fingerprint density at radius 1 is 1.12 bits per heavy atom. The number of primary amides is 1. The summed E-state index contributed by atoms with van der Waals surface area (Å²) in [7, 11) is 1.66. The summed E-state index contributed by atoms with van der Waals surface area (Å²) in [5.74, 6) is -1.76. The van der Waals surface area contributed by atoms with E-state index in [1.54, 1.807) is 11.6 Å². The van der Waals surface area contributed by atoms with Crippen molar-refractivity contribution in [1.29, 1.82) is 0 Å². The topological polar surface area (TPSA) is 94.2 Å². The summed E-state index contributed by atoms with van der Waals surface area (Å²) in [4.78, 5) is 36.0. The smallest absolute Gasteiger partial charge is 0.261 e. The highest BCUT2D eigenvalue weighted by atomic mass is 19.1. The fraction of sp³-hybridized carbons (Fsp3) is 0.0556. The first-order valence-electron chi connectivity index (χ1n) is 7.37. The van der Waals surface area contributed by atoms with Crippen molar-refractivity contribution in [2.75, 3.05) is 5.32 Å². The normalized spacial score (nSPS) is 10.6. The van der Waals surface area contributed by atoms with Gasteiger partial charge in [0.25, 0.3) is 5.91 Å². The Balaban J connectivity index is 1.98. The minimum Gasteiger partial charge on any atom is -0.366 e. The number of aryl methyl sites for hydroxylation is 1. The molecule has 3 rings (SSSR count). The molecule has 0 radical (unpaired) electrons. The highest BCUT2D eigenvalue weighted by Gasteiger charge is 2.15. The van der Waals surface area contributed by atoms with Crippen LogP contribution in [0.25, 0.3) is 10.9 Å². The molecule has 0 saturated heterocycles. The number of benzene rings is 2. The van der Waals surface area contributed by atoms with Gasteiger partial charge in [0.05, 0.1) is 5.52 Å². The van der Waals surface area contributed by atoms with Crippen molar-refractivity contribution in [3.63, 3.8) is 0 Å². The Morgan fingerprint density at radius 3 is 2.44 bits per heavy atom. The fourth-order valence-electron chi connectivity index (χ4n) is 2.54. The molecule has 0 saturated carbocycles. The number of pyridine rings is 1. The Kier molecular flexibility index (Phi) is 4.06. The second kappa shape index (κ2) is 6.20. The number of hydrogen-bond acceptors (Lipinski definition) is 3.